The zero-order chi connectivity index (χ0) is 16.1. The van der Waals surface area contributed by atoms with E-state index in [2.05, 4.69) is 4.72 Å². The Bertz CT molecular complexity index is 593. The second-order valence-electron chi connectivity index (χ2n) is 5.12. The Balaban J connectivity index is 2.89. The Hall–Kier alpha value is -0.720. The van der Waals surface area contributed by atoms with E-state index in [-0.39, 0.29) is 4.90 Å². The standard InChI is InChI=1S/C13H22NO5PS/c1-3-4-5-12(10-20(15,16)17)14-21(18,19)13-8-6-11(2)7-9-13/h6-9,12,14H,3-5,10H2,1-2H3,(H2,15,16,17)/t12-/m0/s1. The van der Waals surface area contributed by atoms with Gasteiger partial charge in [-0.3, -0.25) is 4.57 Å². The highest BCUT2D eigenvalue weighted by Crippen LogP contribution is 2.36. The van der Waals surface area contributed by atoms with Crippen LogP contribution in [0.5, 0.6) is 0 Å². The average Bonchev–Trinajstić information content (AvgIpc) is 2.34. The molecule has 0 heterocycles. The van der Waals surface area contributed by atoms with Crippen LogP contribution in [0.25, 0.3) is 0 Å². The van der Waals surface area contributed by atoms with Crippen molar-refractivity contribution in [3.05, 3.63) is 29.8 Å². The number of aryl methyl sites for hydroxylation is 1. The highest BCUT2D eigenvalue weighted by atomic mass is 32.2. The van der Waals surface area contributed by atoms with Crippen LogP contribution in [-0.2, 0) is 14.6 Å². The van der Waals surface area contributed by atoms with E-state index in [1.807, 2.05) is 13.8 Å². The van der Waals surface area contributed by atoms with E-state index in [1.165, 1.54) is 12.1 Å². The zero-order valence-electron chi connectivity index (χ0n) is 12.2. The molecule has 0 radical (unpaired) electrons. The molecule has 0 aliphatic carbocycles. The van der Waals surface area contributed by atoms with Gasteiger partial charge >= 0.3 is 7.60 Å². The molecule has 0 amide bonds. The van der Waals surface area contributed by atoms with E-state index >= 15 is 0 Å². The third-order valence-corrected chi connectivity index (χ3v) is 5.47. The summed E-state index contributed by atoms with van der Waals surface area (Å²) >= 11 is 0. The summed E-state index contributed by atoms with van der Waals surface area (Å²) in [6.45, 7) is 3.78. The molecule has 0 unspecified atom stereocenters. The highest BCUT2D eigenvalue weighted by Gasteiger charge is 2.26. The normalized spacial score (nSPS) is 14.1. The Morgan fingerprint density at radius 3 is 2.29 bits per heavy atom. The molecule has 1 aromatic carbocycles. The van der Waals surface area contributed by atoms with Gasteiger partial charge in [0.15, 0.2) is 0 Å². The average molecular weight is 335 g/mol. The Morgan fingerprint density at radius 1 is 1.24 bits per heavy atom. The lowest BCUT2D eigenvalue weighted by atomic mass is 10.2. The molecule has 21 heavy (non-hydrogen) atoms. The van der Waals surface area contributed by atoms with Crippen LogP contribution >= 0.6 is 7.60 Å². The second-order valence-corrected chi connectivity index (χ2v) is 8.53. The van der Waals surface area contributed by atoms with E-state index in [1.54, 1.807) is 12.1 Å². The van der Waals surface area contributed by atoms with E-state index in [9.17, 15) is 13.0 Å². The molecule has 0 aliphatic rings. The summed E-state index contributed by atoms with van der Waals surface area (Å²) in [6, 6.07) is 5.55. The van der Waals surface area contributed by atoms with Crippen LogP contribution < -0.4 is 4.72 Å². The third-order valence-electron chi connectivity index (χ3n) is 3.02. The SMILES string of the molecule is CCCC[C@@H](CP(=O)(O)O)NS(=O)(=O)c1ccc(C)cc1. The quantitative estimate of drug-likeness (QED) is 0.631. The first kappa shape index (κ1) is 18.3. The van der Waals surface area contributed by atoms with Gasteiger partial charge in [0.2, 0.25) is 10.0 Å². The second kappa shape index (κ2) is 7.51. The largest absolute Gasteiger partial charge is 0.327 e. The maximum Gasteiger partial charge on any atom is 0.327 e. The van der Waals surface area contributed by atoms with E-state index in [0.717, 1.165) is 12.0 Å². The van der Waals surface area contributed by atoms with Crippen LogP contribution in [-0.4, -0.2) is 30.4 Å². The number of hydrogen-bond donors (Lipinski definition) is 3. The molecular weight excluding hydrogens is 313 g/mol. The minimum Gasteiger partial charge on any atom is -0.324 e. The van der Waals surface area contributed by atoms with Crippen molar-refractivity contribution in [3.8, 4) is 0 Å². The summed E-state index contributed by atoms with van der Waals surface area (Å²) in [5.41, 5.74) is 0.937. The monoisotopic (exact) mass is 335 g/mol. The summed E-state index contributed by atoms with van der Waals surface area (Å²) in [4.78, 5) is 18.2. The molecule has 0 fully saturated rings. The number of rotatable bonds is 8. The lowest BCUT2D eigenvalue weighted by Gasteiger charge is -2.19. The van der Waals surface area contributed by atoms with Crippen LogP contribution in [0.4, 0.5) is 0 Å². The highest BCUT2D eigenvalue weighted by molar-refractivity contribution is 7.89. The third kappa shape index (κ3) is 6.72. The van der Waals surface area contributed by atoms with Gasteiger partial charge in [-0.2, -0.15) is 0 Å². The maximum atomic E-state index is 12.2. The minimum atomic E-state index is -4.27. The number of sulfonamides is 1. The van der Waals surface area contributed by atoms with Crippen molar-refractivity contribution < 1.29 is 22.8 Å². The van der Waals surface area contributed by atoms with Gasteiger partial charge in [-0.1, -0.05) is 37.5 Å². The molecule has 8 heteroatoms. The van der Waals surface area contributed by atoms with E-state index in [4.69, 9.17) is 9.79 Å². The van der Waals surface area contributed by atoms with E-state index in [0.29, 0.717) is 12.8 Å². The fourth-order valence-electron chi connectivity index (χ4n) is 1.93. The molecule has 120 valence electrons. The molecule has 1 rings (SSSR count). The number of hydrogen-bond acceptors (Lipinski definition) is 3. The van der Waals surface area contributed by atoms with Gasteiger partial charge in [-0.15, -0.1) is 0 Å². The summed E-state index contributed by atoms with van der Waals surface area (Å²) in [5.74, 6) is 0. The fraction of sp³-hybridized carbons (Fsp3) is 0.538. The van der Waals surface area contributed by atoms with Gasteiger partial charge < -0.3 is 9.79 Å². The van der Waals surface area contributed by atoms with Crippen molar-refractivity contribution in [2.75, 3.05) is 6.16 Å². The van der Waals surface area contributed by atoms with Gasteiger partial charge in [-0.05, 0) is 25.5 Å². The predicted octanol–water partition coefficient (Wildman–Crippen LogP) is 2.01. The lowest BCUT2D eigenvalue weighted by molar-refractivity contribution is 0.364. The molecule has 0 saturated heterocycles. The lowest BCUT2D eigenvalue weighted by Crippen LogP contribution is -2.37. The Labute approximate surface area is 125 Å². The maximum absolute atomic E-state index is 12.2. The van der Waals surface area contributed by atoms with Crippen LogP contribution in [0, 0.1) is 6.92 Å². The molecule has 0 saturated carbocycles. The molecule has 0 aliphatic heterocycles. The fourth-order valence-corrected chi connectivity index (χ4v) is 4.17. The number of benzene rings is 1. The number of unbranched alkanes of at least 4 members (excludes halogenated alkanes) is 1. The molecular formula is C13H22NO5PS. The van der Waals surface area contributed by atoms with Crippen molar-refractivity contribution in [2.45, 2.75) is 44.0 Å². The van der Waals surface area contributed by atoms with Crippen molar-refractivity contribution in [1.82, 2.24) is 4.72 Å². The first-order chi connectivity index (χ1) is 9.64. The Kier molecular flexibility index (Phi) is 6.56. The van der Waals surface area contributed by atoms with Gasteiger partial charge in [-0.25, -0.2) is 13.1 Å². The van der Waals surface area contributed by atoms with Crippen LogP contribution in [0.2, 0.25) is 0 Å². The molecule has 0 aromatic heterocycles. The topological polar surface area (TPSA) is 104 Å². The van der Waals surface area contributed by atoms with Crippen molar-refractivity contribution >= 4 is 17.6 Å². The van der Waals surface area contributed by atoms with Crippen LogP contribution in [0.3, 0.4) is 0 Å². The summed E-state index contributed by atoms with van der Waals surface area (Å²) < 4.78 is 38.0. The first-order valence-corrected chi connectivity index (χ1v) is 10.1. The zero-order valence-corrected chi connectivity index (χ0v) is 13.9. The van der Waals surface area contributed by atoms with Gasteiger partial charge in [0.05, 0.1) is 11.1 Å². The Morgan fingerprint density at radius 2 is 1.81 bits per heavy atom. The molecule has 1 atom stereocenters. The van der Waals surface area contributed by atoms with Crippen molar-refractivity contribution in [1.29, 1.82) is 0 Å². The summed E-state index contributed by atoms with van der Waals surface area (Å²) in [5, 5.41) is 0. The molecule has 3 N–H and O–H groups in total. The predicted molar refractivity (Wildman–Crippen MR) is 81.7 cm³/mol. The van der Waals surface area contributed by atoms with Gasteiger partial charge in [0, 0.05) is 6.04 Å². The van der Waals surface area contributed by atoms with Crippen LogP contribution in [0.1, 0.15) is 31.7 Å². The summed E-state index contributed by atoms with van der Waals surface area (Å²) in [7, 11) is -8.05. The van der Waals surface area contributed by atoms with Gasteiger partial charge in [0.1, 0.15) is 0 Å². The number of nitrogens with one attached hydrogen (secondary N) is 1. The van der Waals surface area contributed by atoms with Gasteiger partial charge in [0.25, 0.3) is 0 Å². The molecule has 1 aromatic rings. The van der Waals surface area contributed by atoms with Crippen molar-refractivity contribution in [2.24, 2.45) is 0 Å². The molecule has 0 bridgehead atoms. The smallest absolute Gasteiger partial charge is 0.324 e. The van der Waals surface area contributed by atoms with E-state index < -0.39 is 29.8 Å². The molecule has 6 nitrogen and oxygen atoms in total. The van der Waals surface area contributed by atoms with Crippen molar-refractivity contribution in [3.63, 3.8) is 0 Å². The van der Waals surface area contributed by atoms with Crippen LogP contribution in [0.15, 0.2) is 29.2 Å². The first-order valence-electron chi connectivity index (χ1n) is 6.77. The molecule has 0 spiro atoms. The minimum absolute atomic E-state index is 0.0975. The summed E-state index contributed by atoms with van der Waals surface area (Å²) in [6.07, 6.45) is 1.43.